The summed E-state index contributed by atoms with van der Waals surface area (Å²) in [6.45, 7) is 2.23. The van der Waals surface area contributed by atoms with Crippen molar-refractivity contribution < 1.29 is 14.6 Å². The number of aliphatic hydroxyl groups is 1. The zero-order valence-electron chi connectivity index (χ0n) is 7.86. The molecule has 1 N–H and O–H groups in total. The SMILES string of the molecule is COCC(O)CN1N=C(C)CC1=O. The molecule has 0 saturated carbocycles. The summed E-state index contributed by atoms with van der Waals surface area (Å²) in [5.74, 6) is -0.0624. The van der Waals surface area contributed by atoms with Crippen LogP contribution in [-0.4, -0.2) is 48.1 Å². The van der Waals surface area contributed by atoms with Crippen molar-refractivity contribution in [3.8, 4) is 0 Å². The number of β-amino-alcohol motifs (C(OH)–C–C–N with tert-alkyl or cyclic N) is 1. The molecule has 0 spiro atoms. The molecule has 74 valence electrons. The second-order valence-corrected chi connectivity index (χ2v) is 3.10. The molecule has 0 radical (unpaired) electrons. The molecular formula is C8H14N2O3. The molecule has 0 aromatic heterocycles. The van der Waals surface area contributed by atoms with E-state index in [1.165, 1.54) is 12.1 Å². The molecule has 0 aliphatic carbocycles. The number of carbonyl (C=O) groups is 1. The number of rotatable bonds is 4. The van der Waals surface area contributed by atoms with E-state index in [4.69, 9.17) is 4.74 Å². The van der Waals surface area contributed by atoms with E-state index in [1.807, 2.05) is 0 Å². The van der Waals surface area contributed by atoms with Crippen LogP contribution < -0.4 is 0 Å². The van der Waals surface area contributed by atoms with Crippen molar-refractivity contribution in [1.29, 1.82) is 0 Å². The number of amides is 1. The molecule has 5 nitrogen and oxygen atoms in total. The van der Waals surface area contributed by atoms with Crippen molar-refractivity contribution in [2.75, 3.05) is 20.3 Å². The Hall–Kier alpha value is -0.940. The van der Waals surface area contributed by atoms with E-state index in [0.29, 0.717) is 6.42 Å². The maximum Gasteiger partial charge on any atom is 0.248 e. The van der Waals surface area contributed by atoms with Crippen LogP contribution in [0.5, 0.6) is 0 Å². The highest BCUT2D eigenvalue weighted by atomic mass is 16.5. The predicted molar refractivity (Wildman–Crippen MR) is 47.3 cm³/mol. The van der Waals surface area contributed by atoms with Crippen LogP contribution in [0, 0.1) is 0 Å². The lowest BCUT2D eigenvalue weighted by Gasteiger charge is -2.15. The van der Waals surface area contributed by atoms with E-state index in [9.17, 15) is 9.90 Å². The van der Waals surface area contributed by atoms with E-state index < -0.39 is 6.10 Å². The molecule has 1 atom stereocenters. The first kappa shape index (κ1) is 10.1. The molecule has 1 aliphatic rings. The summed E-state index contributed by atoms with van der Waals surface area (Å²) in [6, 6.07) is 0. The minimum atomic E-state index is -0.663. The van der Waals surface area contributed by atoms with Crippen LogP contribution in [0.15, 0.2) is 5.10 Å². The van der Waals surface area contributed by atoms with Crippen LogP contribution in [0.1, 0.15) is 13.3 Å². The number of hydrogen-bond acceptors (Lipinski definition) is 4. The third kappa shape index (κ3) is 2.78. The summed E-state index contributed by atoms with van der Waals surface area (Å²) < 4.78 is 4.74. The molecule has 1 rings (SSSR count). The fourth-order valence-electron chi connectivity index (χ4n) is 1.19. The maximum atomic E-state index is 11.2. The van der Waals surface area contributed by atoms with Crippen LogP contribution in [0.25, 0.3) is 0 Å². The number of hydrazone groups is 1. The van der Waals surface area contributed by atoms with Crippen molar-refractivity contribution in [2.24, 2.45) is 5.10 Å². The minimum Gasteiger partial charge on any atom is -0.389 e. The van der Waals surface area contributed by atoms with Gasteiger partial charge in [0.25, 0.3) is 0 Å². The number of ether oxygens (including phenoxy) is 1. The fourth-order valence-corrected chi connectivity index (χ4v) is 1.19. The number of carbonyl (C=O) groups excluding carboxylic acids is 1. The first-order valence-electron chi connectivity index (χ1n) is 4.15. The quantitative estimate of drug-likeness (QED) is 0.650. The summed E-state index contributed by atoms with van der Waals surface area (Å²) in [6.07, 6.45) is -0.303. The van der Waals surface area contributed by atoms with E-state index in [0.717, 1.165) is 5.71 Å². The number of nitrogens with zero attached hydrogens (tertiary/aromatic N) is 2. The summed E-state index contributed by atoms with van der Waals surface area (Å²) in [5.41, 5.74) is 0.787. The molecule has 5 heteroatoms. The Morgan fingerprint density at radius 3 is 2.92 bits per heavy atom. The number of hydrogen-bond donors (Lipinski definition) is 1. The van der Waals surface area contributed by atoms with Gasteiger partial charge < -0.3 is 9.84 Å². The molecule has 1 amide bonds. The Kier molecular flexibility index (Phi) is 3.39. The largest absolute Gasteiger partial charge is 0.389 e. The zero-order valence-corrected chi connectivity index (χ0v) is 7.86. The predicted octanol–water partition coefficient (Wildman–Crippen LogP) is -0.398. The van der Waals surface area contributed by atoms with Crippen LogP contribution >= 0.6 is 0 Å². The lowest BCUT2D eigenvalue weighted by Crippen LogP contribution is -2.32. The average Bonchev–Trinajstić information content (AvgIpc) is 2.30. The molecule has 13 heavy (non-hydrogen) atoms. The summed E-state index contributed by atoms with van der Waals surface area (Å²) in [7, 11) is 1.50. The van der Waals surface area contributed by atoms with Crippen LogP contribution in [0.3, 0.4) is 0 Å². The topological polar surface area (TPSA) is 62.1 Å². The summed E-state index contributed by atoms with van der Waals surface area (Å²) in [5, 5.41) is 14.6. The Morgan fingerprint density at radius 1 is 1.77 bits per heavy atom. The Labute approximate surface area is 77.0 Å². The molecule has 0 aromatic carbocycles. The van der Waals surface area contributed by atoms with Crippen LogP contribution in [0.2, 0.25) is 0 Å². The van der Waals surface area contributed by atoms with Gasteiger partial charge >= 0.3 is 0 Å². The smallest absolute Gasteiger partial charge is 0.248 e. The molecule has 0 aromatic rings. The monoisotopic (exact) mass is 186 g/mol. The lowest BCUT2D eigenvalue weighted by atomic mass is 10.3. The average molecular weight is 186 g/mol. The second-order valence-electron chi connectivity index (χ2n) is 3.10. The van der Waals surface area contributed by atoms with Crippen molar-refractivity contribution in [3.63, 3.8) is 0 Å². The molecule has 0 saturated heterocycles. The van der Waals surface area contributed by atoms with Gasteiger partial charge in [-0.1, -0.05) is 0 Å². The highest BCUT2D eigenvalue weighted by Gasteiger charge is 2.23. The molecule has 1 heterocycles. The third-order valence-electron chi connectivity index (χ3n) is 1.73. The molecule has 0 fully saturated rings. The van der Waals surface area contributed by atoms with Gasteiger partial charge in [-0.25, -0.2) is 5.01 Å². The van der Waals surface area contributed by atoms with Crippen molar-refractivity contribution in [3.05, 3.63) is 0 Å². The standard InChI is InChI=1S/C8H14N2O3/c1-6-3-8(12)10(9-6)4-7(11)5-13-2/h7,11H,3-5H2,1-2H3. The van der Waals surface area contributed by atoms with Crippen molar-refractivity contribution in [1.82, 2.24) is 5.01 Å². The third-order valence-corrected chi connectivity index (χ3v) is 1.73. The number of methoxy groups -OCH3 is 1. The molecule has 0 bridgehead atoms. The van der Waals surface area contributed by atoms with E-state index in [-0.39, 0.29) is 19.1 Å². The van der Waals surface area contributed by atoms with Crippen LogP contribution in [0.4, 0.5) is 0 Å². The van der Waals surface area contributed by atoms with Crippen molar-refractivity contribution >= 4 is 11.6 Å². The molecule has 1 aliphatic heterocycles. The van der Waals surface area contributed by atoms with Gasteiger partial charge in [-0.05, 0) is 6.92 Å². The van der Waals surface area contributed by atoms with E-state index in [1.54, 1.807) is 6.92 Å². The van der Waals surface area contributed by atoms with Gasteiger partial charge in [0, 0.05) is 12.8 Å². The van der Waals surface area contributed by atoms with Gasteiger partial charge in [0.2, 0.25) is 5.91 Å². The highest BCUT2D eigenvalue weighted by Crippen LogP contribution is 2.08. The van der Waals surface area contributed by atoms with Gasteiger partial charge in [-0.15, -0.1) is 0 Å². The summed E-state index contributed by atoms with van der Waals surface area (Å²) >= 11 is 0. The van der Waals surface area contributed by atoms with Crippen LogP contribution in [-0.2, 0) is 9.53 Å². The van der Waals surface area contributed by atoms with Gasteiger partial charge in [0.15, 0.2) is 0 Å². The van der Waals surface area contributed by atoms with Gasteiger partial charge in [-0.3, -0.25) is 4.79 Å². The van der Waals surface area contributed by atoms with E-state index in [2.05, 4.69) is 5.10 Å². The van der Waals surface area contributed by atoms with Gasteiger partial charge in [0.05, 0.1) is 25.7 Å². The number of aliphatic hydroxyl groups excluding tert-OH is 1. The Morgan fingerprint density at radius 2 is 2.46 bits per heavy atom. The maximum absolute atomic E-state index is 11.2. The Balaban J connectivity index is 2.40. The van der Waals surface area contributed by atoms with E-state index >= 15 is 0 Å². The highest BCUT2D eigenvalue weighted by molar-refractivity contribution is 6.03. The second kappa shape index (κ2) is 4.34. The molecule has 1 unspecified atom stereocenters. The Bertz CT molecular complexity index is 227. The lowest BCUT2D eigenvalue weighted by molar-refractivity contribution is -0.130. The van der Waals surface area contributed by atoms with Gasteiger partial charge in [0.1, 0.15) is 0 Å². The zero-order chi connectivity index (χ0) is 9.84. The normalized spacial score (nSPS) is 19.2. The molecular weight excluding hydrogens is 172 g/mol. The first-order valence-corrected chi connectivity index (χ1v) is 4.15. The van der Waals surface area contributed by atoms with Gasteiger partial charge in [-0.2, -0.15) is 5.10 Å². The summed E-state index contributed by atoms with van der Waals surface area (Å²) in [4.78, 5) is 11.2. The fraction of sp³-hybridized carbons (Fsp3) is 0.750. The first-order chi connectivity index (χ1) is 6.13. The minimum absolute atomic E-state index is 0.0624. The van der Waals surface area contributed by atoms with Crippen molar-refractivity contribution in [2.45, 2.75) is 19.4 Å².